The van der Waals surface area contributed by atoms with Gasteiger partial charge in [0.1, 0.15) is 11.6 Å². The molecule has 10 nitrogen and oxygen atoms in total. The van der Waals surface area contributed by atoms with Crippen LogP contribution in [0.1, 0.15) is 32.0 Å². The molecule has 1 saturated heterocycles. The van der Waals surface area contributed by atoms with Gasteiger partial charge in [0.15, 0.2) is 0 Å². The third-order valence-electron chi connectivity index (χ3n) is 7.78. The van der Waals surface area contributed by atoms with Gasteiger partial charge in [0.2, 0.25) is 0 Å². The first kappa shape index (κ1) is 30.1. The highest BCUT2D eigenvalue weighted by Gasteiger charge is 2.27. The number of urea groups is 1. The summed E-state index contributed by atoms with van der Waals surface area (Å²) in [5.74, 6) is -2.18. The summed E-state index contributed by atoms with van der Waals surface area (Å²) in [6.45, 7) is 0.874. The standard InChI is InChI=1S/C34H28F2N6O4/c35-27-14-9-21(20-30-24-5-1-2-6-25(24)32(44)40-39-30)19-26(27)33(45)41-15-17-42(18-16-41)34(46)37-23-12-10-22(11-13-23)31(43)38-29-8-4-3-7-28(29)36/h1-14,19H,15-18,20H2,(H,37,46)(H,38,43)(H,40,44). The zero-order valence-electron chi connectivity index (χ0n) is 24.4. The lowest BCUT2D eigenvalue weighted by Crippen LogP contribution is -2.51. The number of para-hydroxylation sites is 1. The lowest BCUT2D eigenvalue weighted by Gasteiger charge is -2.34. The Kier molecular flexibility index (Phi) is 8.50. The monoisotopic (exact) mass is 622 g/mol. The molecule has 0 unspecified atom stereocenters. The quantitative estimate of drug-likeness (QED) is 0.245. The maximum atomic E-state index is 14.8. The van der Waals surface area contributed by atoms with Crippen LogP contribution in [0, 0.1) is 11.6 Å². The zero-order chi connectivity index (χ0) is 32.2. The molecule has 4 amide bonds. The second-order valence-electron chi connectivity index (χ2n) is 10.8. The molecule has 3 N–H and O–H groups in total. The summed E-state index contributed by atoms with van der Waals surface area (Å²) in [6, 6.07) is 23.0. The maximum Gasteiger partial charge on any atom is 0.321 e. The Bertz CT molecular complexity index is 2010. The van der Waals surface area contributed by atoms with Crippen LogP contribution in [-0.2, 0) is 6.42 Å². The average Bonchev–Trinajstić information content (AvgIpc) is 3.08. The van der Waals surface area contributed by atoms with E-state index in [1.807, 2.05) is 0 Å². The summed E-state index contributed by atoms with van der Waals surface area (Å²) in [6.07, 6.45) is 0.281. The zero-order valence-corrected chi connectivity index (χ0v) is 24.4. The number of H-pyrrole nitrogens is 1. The van der Waals surface area contributed by atoms with Crippen molar-refractivity contribution < 1.29 is 23.2 Å². The van der Waals surface area contributed by atoms with Gasteiger partial charge in [0.05, 0.1) is 22.3 Å². The third kappa shape index (κ3) is 6.46. The second kappa shape index (κ2) is 13.0. The maximum absolute atomic E-state index is 14.8. The fourth-order valence-electron chi connectivity index (χ4n) is 5.29. The number of aromatic amines is 1. The molecule has 0 aliphatic carbocycles. The van der Waals surface area contributed by atoms with Crippen LogP contribution in [0.3, 0.4) is 0 Å². The number of benzene rings is 4. The molecule has 46 heavy (non-hydrogen) atoms. The van der Waals surface area contributed by atoms with Crippen molar-refractivity contribution in [1.82, 2.24) is 20.0 Å². The van der Waals surface area contributed by atoms with E-state index in [2.05, 4.69) is 20.8 Å². The molecule has 1 aromatic heterocycles. The van der Waals surface area contributed by atoms with Crippen molar-refractivity contribution in [2.24, 2.45) is 0 Å². The van der Waals surface area contributed by atoms with Gasteiger partial charge in [-0.1, -0.05) is 36.4 Å². The number of carbonyl (C=O) groups excluding carboxylic acids is 3. The van der Waals surface area contributed by atoms with Gasteiger partial charge in [-0.25, -0.2) is 18.7 Å². The first-order valence-electron chi connectivity index (χ1n) is 14.5. The number of amides is 4. The molecule has 0 radical (unpaired) electrons. The molecular formula is C34H28F2N6O4. The minimum atomic E-state index is -0.653. The number of hydrogen-bond donors (Lipinski definition) is 3. The highest BCUT2D eigenvalue weighted by Crippen LogP contribution is 2.21. The van der Waals surface area contributed by atoms with Crippen LogP contribution in [0.15, 0.2) is 95.8 Å². The minimum Gasteiger partial charge on any atom is -0.335 e. The Morgan fingerprint density at radius 2 is 1.43 bits per heavy atom. The summed E-state index contributed by atoms with van der Waals surface area (Å²) < 4.78 is 28.7. The third-order valence-corrected chi connectivity index (χ3v) is 7.78. The number of hydrogen-bond acceptors (Lipinski definition) is 5. The predicted molar refractivity (Wildman–Crippen MR) is 169 cm³/mol. The van der Waals surface area contributed by atoms with Gasteiger partial charge >= 0.3 is 6.03 Å². The molecule has 1 fully saturated rings. The van der Waals surface area contributed by atoms with Crippen LogP contribution in [0.4, 0.5) is 25.0 Å². The molecular weight excluding hydrogens is 594 g/mol. The number of rotatable bonds is 6. The summed E-state index contributed by atoms with van der Waals surface area (Å²) in [4.78, 5) is 53.9. The number of carbonyl (C=O) groups is 3. The largest absolute Gasteiger partial charge is 0.335 e. The topological polar surface area (TPSA) is 128 Å². The number of anilines is 2. The van der Waals surface area contributed by atoms with Crippen molar-refractivity contribution in [3.8, 4) is 0 Å². The molecule has 0 atom stereocenters. The molecule has 12 heteroatoms. The number of nitrogens with zero attached hydrogens (tertiary/aromatic N) is 3. The lowest BCUT2D eigenvalue weighted by molar-refractivity contribution is 0.0667. The van der Waals surface area contributed by atoms with Crippen molar-refractivity contribution in [2.45, 2.75) is 6.42 Å². The van der Waals surface area contributed by atoms with Gasteiger partial charge in [-0.15, -0.1) is 0 Å². The second-order valence-corrected chi connectivity index (χ2v) is 10.8. The van der Waals surface area contributed by atoms with Gasteiger partial charge in [-0.3, -0.25) is 14.4 Å². The van der Waals surface area contributed by atoms with Gasteiger partial charge in [0, 0.05) is 49.2 Å². The fourth-order valence-corrected chi connectivity index (χ4v) is 5.29. The summed E-state index contributed by atoms with van der Waals surface area (Å²) in [5.41, 5.74) is 1.67. The van der Waals surface area contributed by atoms with E-state index in [9.17, 15) is 28.0 Å². The Balaban J connectivity index is 1.05. The van der Waals surface area contributed by atoms with Crippen molar-refractivity contribution in [3.63, 3.8) is 0 Å². The Labute approximate surface area is 261 Å². The van der Waals surface area contributed by atoms with Crippen LogP contribution < -0.4 is 16.2 Å². The lowest BCUT2D eigenvalue weighted by atomic mass is 10.0. The normalized spacial score (nSPS) is 13.0. The van der Waals surface area contributed by atoms with Crippen LogP contribution >= 0.6 is 0 Å². The summed E-state index contributed by atoms with van der Waals surface area (Å²) in [5, 5.41) is 13.1. The Morgan fingerprint density at radius 1 is 0.761 bits per heavy atom. The average molecular weight is 623 g/mol. The molecule has 0 spiro atoms. The highest BCUT2D eigenvalue weighted by molar-refractivity contribution is 6.04. The molecule has 6 rings (SSSR count). The summed E-state index contributed by atoms with van der Waals surface area (Å²) in [7, 11) is 0. The number of fused-ring (bicyclic) bond motifs is 1. The Morgan fingerprint density at radius 3 is 2.17 bits per heavy atom. The SMILES string of the molecule is O=C(Nc1ccccc1F)c1ccc(NC(=O)N2CCN(C(=O)c3cc(Cc4n[nH]c(=O)c5ccccc45)ccc3F)CC2)cc1. The first-order valence-corrected chi connectivity index (χ1v) is 14.5. The molecule has 2 heterocycles. The Hall–Kier alpha value is -5.91. The van der Waals surface area contributed by atoms with E-state index in [0.717, 1.165) is 0 Å². The van der Waals surface area contributed by atoms with Crippen molar-refractivity contribution in [3.05, 3.63) is 135 Å². The highest BCUT2D eigenvalue weighted by atomic mass is 19.1. The van der Waals surface area contributed by atoms with E-state index in [-0.39, 0.29) is 61.0 Å². The predicted octanol–water partition coefficient (Wildman–Crippen LogP) is 5.03. The van der Waals surface area contributed by atoms with Crippen LogP contribution in [0.25, 0.3) is 10.8 Å². The number of piperazine rings is 1. The van der Waals surface area contributed by atoms with E-state index >= 15 is 0 Å². The molecule has 5 aromatic rings. The molecule has 4 aromatic carbocycles. The minimum absolute atomic E-state index is 0.0646. The summed E-state index contributed by atoms with van der Waals surface area (Å²) >= 11 is 0. The number of aromatic nitrogens is 2. The first-order chi connectivity index (χ1) is 22.3. The fraction of sp³-hybridized carbons (Fsp3) is 0.147. The van der Waals surface area contributed by atoms with E-state index in [1.54, 1.807) is 53.4 Å². The van der Waals surface area contributed by atoms with Gasteiger partial charge < -0.3 is 20.4 Å². The number of nitrogens with one attached hydrogen (secondary N) is 3. The molecule has 232 valence electrons. The van der Waals surface area contributed by atoms with Crippen molar-refractivity contribution in [2.75, 3.05) is 36.8 Å². The van der Waals surface area contributed by atoms with Crippen LogP contribution in [-0.4, -0.2) is 64.0 Å². The molecule has 1 aliphatic rings. The van der Waals surface area contributed by atoms with E-state index in [1.165, 1.54) is 47.4 Å². The van der Waals surface area contributed by atoms with Gasteiger partial charge in [-0.2, -0.15) is 5.10 Å². The molecule has 0 saturated carbocycles. The van der Waals surface area contributed by atoms with E-state index in [0.29, 0.717) is 27.7 Å². The molecule has 1 aliphatic heterocycles. The van der Waals surface area contributed by atoms with Crippen LogP contribution in [0.5, 0.6) is 0 Å². The van der Waals surface area contributed by atoms with E-state index < -0.39 is 23.4 Å². The van der Waals surface area contributed by atoms with Gasteiger partial charge in [0.25, 0.3) is 17.4 Å². The number of halogens is 2. The smallest absolute Gasteiger partial charge is 0.321 e. The van der Waals surface area contributed by atoms with E-state index in [4.69, 9.17) is 0 Å². The van der Waals surface area contributed by atoms with Crippen LogP contribution in [0.2, 0.25) is 0 Å². The molecule has 0 bridgehead atoms. The van der Waals surface area contributed by atoms with Crippen molar-refractivity contribution in [1.29, 1.82) is 0 Å². The van der Waals surface area contributed by atoms with Gasteiger partial charge in [-0.05, 0) is 60.2 Å². The van der Waals surface area contributed by atoms with Crippen molar-refractivity contribution >= 4 is 40.0 Å².